The van der Waals surface area contributed by atoms with E-state index in [2.05, 4.69) is 33.3 Å². The van der Waals surface area contributed by atoms with E-state index in [-0.39, 0.29) is 12.3 Å². The van der Waals surface area contributed by atoms with Gasteiger partial charge < -0.3 is 30.9 Å². The van der Waals surface area contributed by atoms with Gasteiger partial charge in [0.25, 0.3) is 0 Å². The number of nitrogens with zero attached hydrogens (tertiary/aromatic N) is 2. The molecular formula is C32H37N5O4. The van der Waals surface area contributed by atoms with Gasteiger partial charge in [0.15, 0.2) is 5.78 Å². The largest absolute Gasteiger partial charge is 0.516 e. The number of Topliss-reactive ketones (excluding diaryl/α,β-unsaturated/α-hetero) is 1. The Balaban J connectivity index is 0.00000147. The minimum atomic E-state index is -0.206. The Kier molecular flexibility index (Phi) is 11.7. The Bertz CT molecular complexity index is 1430. The zero-order chi connectivity index (χ0) is 29.6. The molecule has 0 atom stereocenters. The third-order valence-electron chi connectivity index (χ3n) is 6.39. The fourth-order valence-corrected chi connectivity index (χ4v) is 4.34. The molecular weight excluding hydrogens is 518 g/mol. The van der Waals surface area contributed by atoms with E-state index in [1.165, 1.54) is 11.9 Å². The van der Waals surface area contributed by atoms with Gasteiger partial charge in [-0.3, -0.25) is 4.79 Å². The van der Waals surface area contributed by atoms with Crippen LogP contribution in [0.25, 0.3) is 16.7 Å². The second-order valence-corrected chi connectivity index (χ2v) is 8.88. The fourth-order valence-electron chi connectivity index (χ4n) is 4.34. The van der Waals surface area contributed by atoms with Crippen molar-refractivity contribution in [3.63, 3.8) is 0 Å². The lowest BCUT2D eigenvalue weighted by atomic mass is 10.0. The molecule has 1 aliphatic rings. The van der Waals surface area contributed by atoms with Crippen molar-refractivity contribution in [1.82, 2.24) is 9.97 Å². The number of hydrogen-bond acceptors (Lipinski definition) is 9. The maximum atomic E-state index is 12.9. The van der Waals surface area contributed by atoms with Crippen molar-refractivity contribution in [2.24, 2.45) is 5.73 Å². The zero-order valence-electron chi connectivity index (χ0n) is 23.7. The molecule has 214 valence electrons. The second-order valence-electron chi connectivity index (χ2n) is 8.88. The minimum absolute atomic E-state index is 0.129. The molecule has 1 aromatic heterocycles. The number of nitrogens with two attached hydrogens (primary N) is 1. The van der Waals surface area contributed by atoms with Gasteiger partial charge >= 0.3 is 0 Å². The normalized spacial score (nSPS) is 12.6. The molecule has 1 aliphatic carbocycles. The van der Waals surface area contributed by atoms with Crippen LogP contribution < -0.4 is 21.1 Å². The lowest BCUT2D eigenvalue weighted by molar-refractivity contribution is -0.112. The number of hydrogen-bond donors (Lipinski definition) is 4. The molecule has 0 fully saturated rings. The molecule has 0 spiro atoms. The predicted octanol–water partition coefficient (Wildman–Crippen LogP) is 6.18. The van der Waals surface area contributed by atoms with Crippen molar-refractivity contribution in [2.45, 2.75) is 19.8 Å². The number of aromatic nitrogens is 2. The first-order valence-corrected chi connectivity index (χ1v) is 13.2. The molecule has 9 heteroatoms. The van der Waals surface area contributed by atoms with Crippen molar-refractivity contribution in [3.8, 4) is 16.9 Å². The quantitative estimate of drug-likeness (QED) is 0.162. The number of aliphatic hydroxyl groups is 1. The topological polar surface area (TPSA) is 132 Å². The van der Waals surface area contributed by atoms with Gasteiger partial charge in [-0.15, -0.1) is 0 Å². The summed E-state index contributed by atoms with van der Waals surface area (Å²) in [4.78, 5) is 21.9. The maximum absolute atomic E-state index is 12.9. The number of aliphatic hydroxyl groups excluding tert-OH is 1. The van der Waals surface area contributed by atoms with Crippen LogP contribution in [0.5, 0.6) is 5.75 Å². The number of ketones is 1. The van der Waals surface area contributed by atoms with E-state index in [0.717, 1.165) is 36.0 Å². The van der Waals surface area contributed by atoms with E-state index in [0.29, 0.717) is 40.8 Å². The number of methoxy groups -OCH3 is 2. The zero-order valence-corrected chi connectivity index (χ0v) is 23.7. The van der Waals surface area contributed by atoms with Crippen LogP contribution in [0.3, 0.4) is 0 Å². The third kappa shape index (κ3) is 8.06. The molecule has 4 rings (SSSR count). The second kappa shape index (κ2) is 15.6. The first-order valence-electron chi connectivity index (χ1n) is 13.2. The average molecular weight is 556 g/mol. The number of allylic oxidation sites excluding steroid dienone is 4. The van der Waals surface area contributed by atoms with Gasteiger partial charge in [-0.05, 0) is 42.7 Å². The van der Waals surface area contributed by atoms with Crippen LogP contribution in [0, 0.1) is 0 Å². The Morgan fingerprint density at radius 2 is 1.78 bits per heavy atom. The van der Waals surface area contributed by atoms with E-state index in [4.69, 9.17) is 20.3 Å². The van der Waals surface area contributed by atoms with Gasteiger partial charge in [-0.25, -0.2) is 9.97 Å². The van der Waals surface area contributed by atoms with E-state index < -0.39 is 0 Å². The summed E-state index contributed by atoms with van der Waals surface area (Å²) >= 11 is 0. The third-order valence-corrected chi connectivity index (χ3v) is 6.39. The maximum Gasteiger partial charge on any atom is 0.176 e. The Hall–Kier alpha value is -4.89. The van der Waals surface area contributed by atoms with Crippen LogP contribution in [0.15, 0.2) is 97.3 Å². The number of rotatable bonds is 11. The first-order chi connectivity index (χ1) is 20.0. The Morgan fingerprint density at radius 3 is 2.39 bits per heavy atom. The highest BCUT2D eigenvalue weighted by Gasteiger charge is 2.22. The monoisotopic (exact) mass is 555 g/mol. The van der Waals surface area contributed by atoms with Crippen LogP contribution >= 0.6 is 0 Å². The van der Waals surface area contributed by atoms with Gasteiger partial charge in [-0.1, -0.05) is 60.7 Å². The number of anilines is 3. The molecule has 0 radical (unpaired) electrons. The summed E-state index contributed by atoms with van der Waals surface area (Å²) in [5, 5.41) is 14.1. The van der Waals surface area contributed by atoms with Crippen LogP contribution in [-0.4, -0.2) is 48.2 Å². The average Bonchev–Trinajstić information content (AvgIpc) is 3.02. The van der Waals surface area contributed by atoms with Crippen LogP contribution in [0.1, 0.15) is 25.3 Å². The van der Waals surface area contributed by atoms with E-state index in [1.807, 2.05) is 54.6 Å². The summed E-state index contributed by atoms with van der Waals surface area (Å²) < 4.78 is 11.0. The summed E-state index contributed by atoms with van der Waals surface area (Å²) in [7, 11) is 3.30. The van der Waals surface area contributed by atoms with E-state index in [9.17, 15) is 4.79 Å². The molecule has 5 N–H and O–H groups in total. The SMILES string of the molecule is C/C=C(\C(=O)CN)c1c(NCC2=CC=C(OC)CC2)ncnc1Nc1cc(-c2ccccc2)ccc1OC.C=CO. The minimum Gasteiger partial charge on any atom is -0.516 e. The number of benzene rings is 2. The molecule has 0 bridgehead atoms. The molecule has 0 saturated carbocycles. The smallest absolute Gasteiger partial charge is 0.176 e. The van der Waals surface area contributed by atoms with Gasteiger partial charge in [0.1, 0.15) is 23.7 Å². The van der Waals surface area contributed by atoms with Crippen molar-refractivity contribution >= 4 is 28.7 Å². The molecule has 0 unspecified atom stereocenters. The lowest BCUT2D eigenvalue weighted by Crippen LogP contribution is -2.18. The number of carbonyl (C=O) groups excluding carboxylic acids is 1. The van der Waals surface area contributed by atoms with Gasteiger partial charge in [-0.2, -0.15) is 0 Å². The lowest BCUT2D eigenvalue weighted by Gasteiger charge is -2.20. The standard InChI is InChI=1S/C30H33N5O3.C2H4O/c1-4-24(26(36)17-31)28-29(32-18-20-10-13-23(37-2)14-11-20)33-19-34-30(28)35-25-16-22(12-15-27(25)38-3)21-8-6-5-7-9-21;1-2-3/h4-10,12-13,15-16,19H,11,14,17-18,31H2,1-3H3,(H2,32,33,34,35);2-3H,1H2/b24-4+;. The molecule has 3 aromatic rings. The van der Waals surface area contributed by atoms with E-state index in [1.54, 1.807) is 27.2 Å². The molecule has 41 heavy (non-hydrogen) atoms. The summed E-state index contributed by atoms with van der Waals surface area (Å²) in [6.07, 6.45) is 9.72. The van der Waals surface area contributed by atoms with Gasteiger partial charge in [0.05, 0.1) is 44.0 Å². The highest BCUT2D eigenvalue weighted by molar-refractivity contribution is 6.24. The first kappa shape index (κ1) is 30.6. The van der Waals surface area contributed by atoms with Crippen molar-refractivity contribution in [1.29, 1.82) is 0 Å². The summed E-state index contributed by atoms with van der Waals surface area (Å²) in [6.45, 7) is 5.16. The Morgan fingerprint density at radius 1 is 1.05 bits per heavy atom. The van der Waals surface area contributed by atoms with Gasteiger partial charge in [0, 0.05) is 18.5 Å². The van der Waals surface area contributed by atoms with E-state index >= 15 is 0 Å². The van der Waals surface area contributed by atoms with Crippen molar-refractivity contribution < 1.29 is 19.4 Å². The number of ether oxygens (including phenoxy) is 2. The molecule has 9 nitrogen and oxygen atoms in total. The van der Waals surface area contributed by atoms with Gasteiger partial charge in [0.2, 0.25) is 0 Å². The molecule has 1 heterocycles. The molecule has 0 amide bonds. The fraction of sp³-hybridized carbons (Fsp3) is 0.219. The molecule has 0 aliphatic heterocycles. The van der Waals surface area contributed by atoms with Crippen LogP contribution in [0.4, 0.5) is 17.3 Å². The summed E-state index contributed by atoms with van der Waals surface area (Å²) in [5.74, 6) is 2.41. The summed E-state index contributed by atoms with van der Waals surface area (Å²) in [5.41, 5.74) is 10.8. The molecule has 2 aromatic carbocycles. The summed E-state index contributed by atoms with van der Waals surface area (Å²) in [6, 6.07) is 16.0. The highest BCUT2D eigenvalue weighted by Crippen LogP contribution is 2.36. The van der Waals surface area contributed by atoms with Crippen LogP contribution in [0.2, 0.25) is 0 Å². The van der Waals surface area contributed by atoms with Crippen LogP contribution in [-0.2, 0) is 9.53 Å². The molecule has 0 saturated heterocycles. The van der Waals surface area contributed by atoms with Crippen molar-refractivity contribution in [3.05, 3.63) is 103 Å². The highest BCUT2D eigenvalue weighted by atomic mass is 16.5. The predicted molar refractivity (Wildman–Crippen MR) is 165 cm³/mol. The van der Waals surface area contributed by atoms with Crippen molar-refractivity contribution in [2.75, 3.05) is 37.9 Å². The number of carbonyl (C=O) groups is 1. The Labute approximate surface area is 241 Å². The number of nitrogens with one attached hydrogen (secondary N) is 2.